The van der Waals surface area contributed by atoms with Gasteiger partial charge in [0, 0.05) is 23.9 Å². The first-order chi connectivity index (χ1) is 10.1. The van der Waals surface area contributed by atoms with Crippen molar-refractivity contribution in [3.8, 4) is 5.75 Å². The topological polar surface area (TPSA) is 97.5 Å². The standard InChI is InChI=1S/C15H19N3O3/c1-21-12-4-5-13-10(8-12)7-11(9-19)15(18-13)17-6-2-3-14(16)20/h4-5,7-8,19H,2-3,6,9H2,1H3,(H2,16,20)(H,17,18). The van der Waals surface area contributed by atoms with E-state index in [1.807, 2.05) is 24.3 Å². The molecule has 4 N–H and O–H groups in total. The number of rotatable bonds is 7. The lowest BCUT2D eigenvalue weighted by atomic mass is 10.1. The average molecular weight is 289 g/mol. The van der Waals surface area contributed by atoms with Gasteiger partial charge in [-0.2, -0.15) is 0 Å². The normalized spacial score (nSPS) is 10.6. The number of hydrogen-bond donors (Lipinski definition) is 3. The average Bonchev–Trinajstić information content (AvgIpc) is 2.49. The van der Waals surface area contributed by atoms with Gasteiger partial charge in [-0.05, 0) is 30.7 Å². The van der Waals surface area contributed by atoms with Crippen molar-refractivity contribution in [2.45, 2.75) is 19.4 Å². The molecule has 112 valence electrons. The second-order valence-corrected chi connectivity index (χ2v) is 4.71. The van der Waals surface area contributed by atoms with Gasteiger partial charge < -0.3 is 20.9 Å². The molecule has 0 saturated heterocycles. The van der Waals surface area contributed by atoms with Gasteiger partial charge in [-0.3, -0.25) is 4.79 Å². The summed E-state index contributed by atoms with van der Waals surface area (Å²) in [5, 5.41) is 13.5. The highest BCUT2D eigenvalue weighted by Crippen LogP contribution is 2.24. The minimum absolute atomic E-state index is 0.113. The number of aliphatic hydroxyl groups is 1. The number of carbonyl (C=O) groups is 1. The number of aliphatic hydroxyl groups excluding tert-OH is 1. The molecule has 0 radical (unpaired) electrons. The summed E-state index contributed by atoms with van der Waals surface area (Å²) in [7, 11) is 1.61. The molecule has 1 amide bonds. The van der Waals surface area contributed by atoms with Gasteiger partial charge in [-0.15, -0.1) is 0 Å². The van der Waals surface area contributed by atoms with E-state index in [9.17, 15) is 9.90 Å². The molecule has 1 aromatic heterocycles. The van der Waals surface area contributed by atoms with Crippen LogP contribution in [0.2, 0.25) is 0 Å². The number of primary amides is 1. The van der Waals surface area contributed by atoms with Gasteiger partial charge in [-0.1, -0.05) is 0 Å². The Morgan fingerprint density at radius 3 is 2.90 bits per heavy atom. The molecule has 1 aromatic carbocycles. The summed E-state index contributed by atoms with van der Waals surface area (Å²) in [5.41, 5.74) is 6.61. The second-order valence-electron chi connectivity index (χ2n) is 4.71. The molecule has 21 heavy (non-hydrogen) atoms. The van der Waals surface area contributed by atoms with Crippen LogP contribution in [0.3, 0.4) is 0 Å². The molecule has 0 atom stereocenters. The monoisotopic (exact) mass is 289 g/mol. The van der Waals surface area contributed by atoms with Gasteiger partial charge >= 0.3 is 0 Å². The zero-order valence-electron chi connectivity index (χ0n) is 11.9. The molecule has 0 saturated carbocycles. The summed E-state index contributed by atoms with van der Waals surface area (Å²) >= 11 is 0. The van der Waals surface area contributed by atoms with E-state index in [2.05, 4.69) is 10.3 Å². The van der Waals surface area contributed by atoms with E-state index < -0.39 is 0 Å². The maximum atomic E-state index is 10.7. The van der Waals surface area contributed by atoms with Crippen LogP contribution in [0.15, 0.2) is 24.3 Å². The van der Waals surface area contributed by atoms with Crippen LogP contribution >= 0.6 is 0 Å². The van der Waals surface area contributed by atoms with Crippen LogP contribution in [0.5, 0.6) is 5.75 Å². The number of nitrogens with two attached hydrogens (primary N) is 1. The van der Waals surface area contributed by atoms with Gasteiger partial charge in [0.1, 0.15) is 11.6 Å². The number of pyridine rings is 1. The van der Waals surface area contributed by atoms with Crippen molar-refractivity contribution in [2.24, 2.45) is 5.73 Å². The largest absolute Gasteiger partial charge is 0.497 e. The lowest BCUT2D eigenvalue weighted by molar-refractivity contribution is -0.118. The molecule has 0 aliphatic carbocycles. The second kappa shape index (κ2) is 6.90. The van der Waals surface area contributed by atoms with Crippen LogP contribution in [-0.4, -0.2) is 29.7 Å². The quantitative estimate of drug-likeness (QED) is 0.670. The molecule has 6 nitrogen and oxygen atoms in total. The number of carbonyl (C=O) groups excluding carboxylic acids is 1. The summed E-state index contributed by atoms with van der Waals surface area (Å²) in [6, 6.07) is 7.45. The molecule has 0 aliphatic rings. The highest BCUT2D eigenvalue weighted by Gasteiger charge is 2.07. The highest BCUT2D eigenvalue weighted by molar-refractivity contribution is 5.83. The third kappa shape index (κ3) is 3.82. The zero-order valence-corrected chi connectivity index (χ0v) is 11.9. The Hall–Kier alpha value is -2.34. The molecule has 2 rings (SSSR count). The van der Waals surface area contributed by atoms with Gasteiger partial charge in [0.15, 0.2) is 0 Å². The first-order valence-corrected chi connectivity index (χ1v) is 6.74. The van der Waals surface area contributed by atoms with E-state index in [0.29, 0.717) is 30.8 Å². The van der Waals surface area contributed by atoms with Crippen LogP contribution < -0.4 is 15.8 Å². The van der Waals surface area contributed by atoms with Gasteiger partial charge in [0.25, 0.3) is 0 Å². The summed E-state index contributed by atoms with van der Waals surface area (Å²) in [4.78, 5) is 15.2. The van der Waals surface area contributed by atoms with Crippen LogP contribution in [0, 0.1) is 0 Å². The molecular weight excluding hydrogens is 270 g/mol. The molecule has 0 bridgehead atoms. The fourth-order valence-electron chi connectivity index (χ4n) is 2.07. The Bertz CT molecular complexity index is 643. The van der Waals surface area contributed by atoms with Crippen LogP contribution in [-0.2, 0) is 11.4 Å². The maximum absolute atomic E-state index is 10.7. The summed E-state index contributed by atoms with van der Waals surface area (Å²) in [6.07, 6.45) is 0.953. The fraction of sp³-hybridized carbons (Fsp3) is 0.333. The lowest BCUT2D eigenvalue weighted by Crippen LogP contribution is -2.13. The van der Waals surface area contributed by atoms with Crippen molar-refractivity contribution in [3.63, 3.8) is 0 Å². The zero-order chi connectivity index (χ0) is 15.2. The maximum Gasteiger partial charge on any atom is 0.217 e. The first-order valence-electron chi connectivity index (χ1n) is 6.74. The summed E-state index contributed by atoms with van der Waals surface area (Å²) in [5.74, 6) is 1.05. The highest BCUT2D eigenvalue weighted by atomic mass is 16.5. The molecule has 1 heterocycles. The number of benzene rings is 1. The van der Waals surface area contributed by atoms with E-state index in [4.69, 9.17) is 10.5 Å². The van der Waals surface area contributed by atoms with E-state index >= 15 is 0 Å². The molecule has 2 aromatic rings. The third-order valence-electron chi connectivity index (χ3n) is 3.16. The lowest BCUT2D eigenvalue weighted by Gasteiger charge is -2.11. The Morgan fingerprint density at radius 1 is 1.43 bits per heavy atom. The molecule has 0 aliphatic heterocycles. The van der Waals surface area contributed by atoms with Gasteiger partial charge in [0.2, 0.25) is 5.91 Å². The fourth-order valence-corrected chi connectivity index (χ4v) is 2.07. The first kappa shape index (κ1) is 15.1. The number of methoxy groups -OCH3 is 1. The molecule has 6 heteroatoms. The van der Waals surface area contributed by atoms with Crippen LogP contribution in [0.4, 0.5) is 5.82 Å². The van der Waals surface area contributed by atoms with Crippen molar-refractivity contribution in [1.29, 1.82) is 0 Å². The number of ether oxygens (including phenoxy) is 1. The Labute approximate surface area is 122 Å². The molecule has 0 fully saturated rings. The predicted octanol–water partition coefficient (Wildman–Crippen LogP) is 1.41. The number of fused-ring (bicyclic) bond motifs is 1. The summed E-state index contributed by atoms with van der Waals surface area (Å²) in [6.45, 7) is 0.461. The van der Waals surface area contributed by atoms with Crippen molar-refractivity contribution in [2.75, 3.05) is 19.0 Å². The van der Waals surface area contributed by atoms with Crippen LogP contribution in [0.25, 0.3) is 10.9 Å². The number of amides is 1. The Kier molecular flexibility index (Phi) is 4.94. The number of aromatic nitrogens is 1. The Morgan fingerprint density at radius 2 is 2.24 bits per heavy atom. The number of nitrogens with one attached hydrogen (secondary N) is 1. The number of nitrogens with zero attached hydrogens (tertiary/aromatic N) is 1. The van der Waals surface area contributed by atoms with E-state index in [1.54, 1.807) is 7.11 Å². The number of hydrogen-bond acceptors (Lipinski definition) is 5. The number of anilines is 1. The third-order valence-corrected chi connectivity index (χ3v) is 3.16. The van der Waals surface area contributed by atoms with Gasteiger partial charge in [0.05, 0.1) is 19.2 Å². The van der Waals surface area contributed by atoms with Crippen molar-refractivity contribution in [1.82, 2.24) is 4.98 Å². The van der Waals surface area contributed by atoms with E-state index in [1.165, 1.54) is 0 Å². The minimum Gasteiger partial charge on any atom is -0.497 e. The Balaban J connectivity index is 2.20. The van der Waals surface area contributed by atoms with Gasteiger partial charge in [-0.25, -0.2) is 4.98 Å². The van der Waals surface area contributed by atoms with Crippen LogP contribution in [0.1, 0.15) is 18.4 Å². The SMILES string of the molecule is COc1ccc2nc(NCCCC(N)=O)c(CO)cc2c1. The molecular formula is C15H19N3O3. The minimum atomic E-state index is -0.322. The van der Waals surface area contributed by atoms with Crippen molar-refractivity contribution >= 4 is 22.6 Å². The predicted molar refractivity (Wildman–Crippen MR) is 81.1 cm³/mol. The summed E-state index contributed by atoms with van der Waals surface area (Å²) < 4.78 is 5.18. The van der Waals surface area contributed by atoms with Crippen molar-refractivity contribution < 1.29 is 14.6 Å². The molecule has 0 unspecified atom stereocenters. The molecule has 0 spiro atoms. The van der Waals surface area contributed by atoms with E-state index in [0.717, 1.165) is 16.7 Å². The van der Waals surface area contributed by atoms with Crippen molar-refractivity contribution in [3.05, 3.63) is 29.8 Å². The smallest absolute Gasteiger partial charge is 0.217 e. The van der Waals surface area contributed by atoms with E-state index in [-0.39, 0.29) is 12.5 Å².